The second-order valence-corrected chi connectivity index (χ2v) is 27.8. The molecular weight excluding hydrogens is 1110 g/mol. The number of esters is 1. The number of allylic oxidation sites excluding steroid dienone is 1. The van der Waals surface area contributed by atoms with Gasteiger partial charge in [0, 0.05) is 6.42 Å². The highest BCUT2D eigenvalue weighted by Crippen LogP contribution is 2.27. The fourth-order valence-corrected chi connectivity index (χ4v) is 13.0. The minimum atomic E-state index is -1.61. The van der Waals surface area contributed by atoms with Crippen molar-refractivity contribution in [2.24, 2.45) is 0 Å². The first kappa shape index (κ1) is 85.4. The highest BCUT2D eigenvalue weighted by Gasteiger charge is 2.47. The average Bonchev–Trinajstić information content (AvgIpc) is 1.81. The van der Waals surface area contributed by atoms with E-state index in [0.717, 1.165) is 57.8 Å². The summed E-state index contributed by atoms with van der Waals surface area (Å²) in [4.78, 5) is 26.8. The Labute approximate surface area is 550 Å². The van der Waals surface area contributed by atoms with E-state index in [0.29, 0.717) is 19.3 Å². The third-order valence-corrected chi connectivity index (χ3v) is 19.2. The molecule has 1 aliphatic heterocycles. The van der Waals surface area contributed by atoms with Crippen molar-refractivity contribution >= 4 is 11.9 Å². The maximum Gasteiger partial charge on any atom is 0.306 e. The van der Waals surface area contributed by atoms with E-state index in [4.69, 9.17) is 14.2 Å². The molecule has 0 aliphatic carbocycles. The highest BCUT2D eigenvalue weighted by atomic mass is 16.7. The van der Waals surface area contributed by atoms with Crippen molar-refractivity contribution in [3.8, 4) is 0 Å². The van der Waals surface area contributed by atoms with Gasteiger partial charge in [-0.1, -0.05) is 392 Å². The number of rotatable bonds is 70. The van der Waals surface area contributed by atoms with Gasteiger partial charge in [-0.25, -0.2) is 0 Å². The Morgan fingerprint density at radius 1 is 0.427 bits per heavy atom. The number of nitrogens with one attached hydrogen (secondary N) is 1. The second-order valence-electron chi connectivity index (χ2n) is 27.8. The van der Waals surface area contributed by atoms with Gasteiger partial charge < -0.3 is 45.1 Å². The van der Waals surface area contributed by atoms with Gasteiger partial charge in [0.25, 0.3) is 0 Å². The predicted octanol–water partition coefficient (Wildman–Crippen LogP) is 21.0. The minimum Gasteiger partial charge on any atom is -0.454 e. The third kappa shape index (κ3) is 53.4. The van der Waals surface area contributed by atoms with Crippen LogP contribution in [0.2, 0.25) is 0 Å². The van der Waals surface area contributed by atoms with Crippen LogP contribution in [-0.2, 0) is 23.8 Å². The molecule has 1 amide bonds. The molecule has 0 aromatic rings. The molecule has 0 radical (unpaired) electrons. The first-order valence-electron chi connectivity index (χ1n) is 39.5. The maximum absolute atomic E-state index is 13.5. The Morgan fingerprint density at radius 3 is 1.06 bits per heavy atom. The molecule has 0 bridgehead atoms. The molecule has 1 aliphatic rings. The van der Waals surface area contributed by atoms with Gasteiger partial charge in [-0.3, -0.25) is 9.59 Å². The highest BCUT2D eigenvalue weighted by molar-refractivity contribution is 5.80. The molecule has 1 rings (SSSR count). The molecule has 0 spiro atoms. The number of carbonyl (C=O) groups is 2. The summed E-state index contributed by atoms with van der Waals surface area (Å²) in [7, 11) is 0. The average molecular weight is 1260 g/mol. The van der Waals surface area contributed by atoms with Crippen LogP contribution in [0, 0.1) is 0 Å². The Balaban J connectivity index is 2.49. The third-order valence-electron chi connectivity index (χ3n) is 19.2. The molecule has 528 valence electrons. The number of hydrogen-bond acceptors (Lipinski definition) is 10. The van der Waals surface area contributed by atoms with E-state index in [1.165, 1.54) is 308 Å². The molecule has 8 unspecified atom stereocenters. The summed E-state index contributed by atoms with van der Waals surface area (Å²) in [5.74, 6) is -1.17. The van der Waals surface area contributed by atoms with Crippen molar-refractivity contribution in [3.63, 3.8) is 0 Å². The molecule has 1 heterocycles. The maximum atomic E-state index is 13.5. The number of amides is 1. The number of aliphatic hydroxyl groups excluding tert-OH is 5. The molecule has 6 N–H and O–H groups in total. The van der Waals surface area contributed by atoms with Gasteiger partial charge in [-0.2, -0.15) is 0 Å². The standard InChI is InChI=1S/C78H151NO10/c1-4-7-10-13-16-19-22-25-27-29-31-33-34-35-36-37-38-39-41-43-45-48-51-54-57-60-63-66-73(83)89-76-75(85)74(84)72(67-80)88-78(76)87-68-69(70(81)64-61-58-55-52-49-46-24-21-18-15-12-9-6-3)79-77(86)71(82)65-62-59-56-53-50-47-44-42-40-32-30-28-26-23-20-17-14-11-8-5-2/h61,64,69-72,74-76,78,80-82,84-85H,4-60,62-63,65-68H2,1-3H3,(H,79,86)/b64-61+. The Bertz CT molecular complexity index is 1500. The molecule has 11 nitrogen and oxygen atoms in total. The number of aliphatic hydroxyl groups is 5. The summed E-state index contributed by atoms with van der Waals surface area (Å²) in [6.07, 6.45) is 69.9. The lowest BCUT2D eigenvalue weighted by molar-refractivity contribution is -0.305. The van der Waals surface area contributed by atoms with Gasteiger partial charge in [0.2, 0.25) is 5.91 Å². The van der Waals surface area contributed by atoms with Gasteiger partial charge in [-0.15, -0.1) is 0 Å². The van der Waals surface area contributed by atoms with Crippen LogP contribution < -0.4 is 5.32 Å². The van der Waals surface area contributed by atoms with Crippen molar-refractivity contribution < 1.29 is 49.3 Å². The second kappa shape index (κ2) is 66.4. The molecule has 89 heavy (non-hydrogen) atoms. The quantitative estimate of drug-likeness (QED) is 0.0195. The van der Waals surface area contributed by atoms with Gasteiger partial charge >= 0.3 is 5.97 Å². The summed E-state index contributed by atoms with van der Waals surface area (Å²) in [5.41, 5.74) is 0. The van der Waals surface area contributed by atoms with Crippen LogP contribution in [-0.4, -0.2) is 99.6 Å². The topological polar surface area (TPSA) is 175 Å². The molecule has 11 heteroatoms. The number of hydrogen-bond donors (Lipinski definition) is 6. The number of ether oxygens (including phenoxy) is 3. The number of unbranched alkanes of at least 4 members (excludes halogenated alkanes) is 56. The van der Waals surface area contributed by atoms with Crippen LogP contribution in [0.15, 0.2) is 12.2 Å². The lowest BCUT2D eigenvalue weighted by Crippen LogP contribution is -2.61. The summed E-state index contributed by atoms with van der Waals surface area (Å²) in [6, 6.07) is -1.02. The monoisotopic (exact) mass is 1260 g/mol. The first-order chi connectivity index (χ1) is 43.7. The molecule has 0 aromatic carbocycles. The van der Waals surface area contributed by atoms with Crippen LogP contribution in [0.4, 0.5) is 0 Å². The normalized spacial score (nSPS) is 18.0. The fraction of sp³-hybridized carbons (Fsp3) is 0.949. The van der Waals surface area contributed by atoms with E-state index < -0.39 is 67.4 Å². The van der Waals surface area contributed by atoms with E-state index >= 15 is 0 Å². The lowest BCUT2D eigenvalue weighted by Gasteiger charge is -2.41. The van der Waals surface area contributed by atoms with E-state index in [2.05, 4.69) is 26.1 Å². The fourth-order valence-electron chi connectivity index (χ4n) is 13.0. The van der Waals surface area contributed by atoms with Crippen LogP contribution >= 0.6 is 0 Å². The predicted molar refractivity (Wildman–Crippen MR) is 375 cm³/mol. The van der Waals surface area contributed by atoms with Crippen molar-refractivity contribution in [2.45, 2.75) is 461 Å². The van der Waals surface area contributed by atoms with Crippen LogP contribution in [0.5, 0.6) is 0 Å². The Hall–Kier alpha value is -1.60. The van der Waals surface area contributed by atoms with E-state index in [1.54, 1.807) is 6.08 Å². The zero-order valence-corrected chi connectivity index (χ0v) is 59.1. The summed E-state index contributed by atoms with van der Waals surface area (Å²) in [5, 5.41) is 57.4. The smallest absolute Gasteiger partial charge is 0.306 e. The lowest BCUT2D eigenvalue weighted by atomic mass is 9.99. The van der Waals surface area contributed by atoms with Crippen molar-refractivity contribution in [1.29, 1.82) is 0 Å². The summed E-state index contributed by atoms with van der Waals surface area (Å²) < 4.78 is 17.8. The zero-order valence-electron chi connectivity index (χ0n) is 59.1. The van der Waals surface area contributed by atoms with Crippen molar-refractivity contribution in [1.82, 2.24) is 5.32 Å². The van der Waals surface area contributed by atoms with Crippen LogP contribution in [0.25, 0.3) is 0 Å². The zero-order chi connectivity index (χ0) is 64.6. The SMILES string of the molecule is CCCCCCCCCCCCC/C=C/C(O)C(COC1OC(CO)C(O)C(O)C1OC(=O)CCCCCCCCCCCCCCCCCCCCCCCCCCCCC)NC(=O)C(O)CCCCCCCCCCCCCCCCCCCCCC. The summed E-state index contributed by atoms with van der Waals surface area (Å²) in [6.45, 7) is 5.88. The van der Waals surface area contributed by atoms with Crippen molar-refractivity contribution in [3.05, 3.63) is 12.2 Å². The van der Waals surface area contributed by atoms with Crippen LogP contribution in [0.3, 0.4) is 0 Å². The largest absolute Gasteiger partial charge is 0.454 e. The Kier molecular flexibility index (Phi) is 63.7. The Morgan fingerprint density at radius 2 is 0.730 bits per heavy atom. The summed E-state index contributed by atoms with van der Waals surface area (Å²) >= 11 is 0. The van der Waals surface area contributed by atoms with E-state index in [-0.39, 0.29) is 13.0 Å². The van der Waals surface area contributed by atoms with Crippen molar-refractivity contribution in [2.75, 3.05) is 13.2 Å². The molecule has 1 fully saturated rings. The van der Waals surface area contributed by atoms with Crippen LogP contribution in [0.1, 0.15) is 412 Å². The molecule has 8 atom stereocenters. The van der Waals surface area contributed by atoms with E-state index in [1.807, 2.05) is 6.08 Å². The minimum absolute atomic E-state index is 0.133. The number of carbonyl (C=O) groups excluding carboxylic acids is 2. The van der Waals surface area contributed by atoms with E-state index in [9.17, 15) is 35.1 Å². The molecule has 0 saturated carbocycles. The molecule has 0 aromatic heterocycles. The van der Waals surface area contributed by atoms with Gasteiger partial charge in [0.1, 0.15) is 24.4 Å². The first-order valence-corrected chi connectivity index (χ1v) is 39.5. The van der Waals surface area contributed by atoms with Gasteiger partial charge in [0.15, 0.2) is 12.4 Å². The van der Waals surface area contributed by atoms with Gasteiger partial charge in [0.05, 0.1) is 25.4 Å². The van der Waals surface area contributed by atoms with Gasteiger partial charge in [-0.05, 0) is 25.7 Å². The molecular formula is C78H151NO10. The molecule has 1 saturated heterocycles.